The Morgan fingerprint density at radius 1 is 0.882 bits per heavy atom. The molecule has 0 radical (unpaired) electrons. The van der Waals surface area contributed by atoms with E-state index in [1.54, 1.807) is 0 Å². The molecule has 0 amide bonds. The van der Waals surface area contributed by atoms with Gasteiger partial charge in [-0.3, -0.25) is 5.10 Å². The van der Waals surface area contributed by atoms with Crippen LogP contribution in [0.3, 0.4) is 0 Å². The number of H-pyrrole nitrogens is 1. The molecule has 0 unspecified atom stereocenters. The number of benzene rings is 1. The molecule has 0 saturated carbocycles. The molecule has 1 aromatic carbocycles. The zero-order valence-electron chi connectivity index (χ0n) is 10.1. The lowest BCUT2D eigenvalue weighted by Gasteiger charge is -2.10. The van der Waals surface area contributed by atoms with Crippen LogP contribution in [0.25, 0.3) is 11.3 Å². The average molecular weight is 226 g/mol. The van der Waals surface area contributed by atoms with Crippen LogP contribution >= 0.6 is 0 Å². The molecule has 1 aliphatic rings. The minimum absolute atomic E-state index is 1.16. The van der Waals surface area contributed by atoms with E-state index in [1.807, 2.05) is 0 Å². The van der Waals surface area contributed by atoms with Gasteiger partial charge in [0.15, 0.2) is 0 Å². The molecule has 1 aliphatic carbocycles. The first-order valence-electron chi connectivity index (χ1n) is 6.57. The Kier molecular flexibility index (Phi) is 2.95. The lowest BCUT2D eigenvalue weighted by molar-refractivity contribution is 0.612. The Bertz CT molecular complexity index is 485. The predicted octanol–water partition coefficient (Wildman–Crippen LogP) is 3.74. The summed E-state index contributed by atoms with van der Waals surface area (Å²) in [6.07, 6.45) is 7.65. The van der Waals surface area contributed by atoms with E-state index in [0.29, 0.717) is 0 Å². The summed E-state index contributed by atoms with van der Waals surface area (Å²) in [6, 6.07) is 10.5. The number of nitrogens with one attached hydrogen (secondary N) is 1. The van der Waals surface area contributed by atoms with Crippen LogP contribution in [-0.2, 0) is 12.8 Å². The van der Waals surface area contributed by atoms with Crippen molar-refractivity contribution in [3.8, 4) is 11.3 Å². The fourth-order valence-corrected chi connectivity index (χ4v) is 2.67. The van der Waals surface area contributed by atoms with E-state index < -0.39 is 0 Å². The Hall–Kier alpha value is -1.57. The van der Waals surface area contributed by atoms with Crippen molar-refractivity contribution in [2.24, 2.45) is 0 Å². The Balaban J connectivity index is 2.01. The highest BCUT2D eigenvalue weighted by Crippen LogP contribution is 2.28. The number of hydrogen-bond acceptors (Lipinski definition) is 1. The summed E-state index contributed by atoms with van der Waals surface area (Å²) in [5, 5.41) is 7.77. The number of rotatable bonds is 1. The van der Waals surface area contributed by atoms with E-state index in [1.165, 1.54) is 54.6 Å². The van der Waals surface area contributed by atoms with Crippen LogP contribution in [0.1, 0.15) is 36.9 Å². The summed E-state index contributed by atoms with van der Waals surface area (Å²) >= 11 is 0. The number of nitrogens with zero attached hydrogens (tertiary/aromatic N) is 1. The molecule has 1 heterocycles. The quantitative estimate of drug-likeness (QED) is 0.788. The second-order valence-corrected chi connectivity index (χ2v) is 4.81. The largest absolute Gasteiger partial charge is 0.282 e. The van der Waals surface area contributed by atoms with E-state index >= 15 is 0 Å². The first-order valence-corrected chi connectivity index (χ1v) is 6.57. The Morgan fingerprint density at radius 3 is 2.47 bits per heavy atom. The summed E-state index contributed by atoms with van der Waals surface area (Å²) < 4.78 is 0. The van der Waals surface area contributed by atoms with E-state index in [4.69, 9.17) is 0 Å². The van der Waals surface area contributed by atoms with Gasteiger partial charge in [0, 0.05) is 16.8 Å². The van der Waals surface area contributed by atoms with Gasteiger partial charge < -0.3 is 0 Å². The van der Waals surface area contributed by atoms with Gasteiger partial charge in [-0.05, 0) is 25.7 Å². The fraction of sp³-hybridized carbons (Fsp3) is 0.400. The van der Waals surface area contributed by atoms with E-state index in [-0.39, 0.29) is 0 Å². The van der Waals surface area contributed by atoms with Gasteiger partial charge in [-0.1, -0.05) is 43.2 Å². The van der Waals surface area contributed by atoms with Crippen LogP contribution in [0, 0.1) is 0 Å². The molecular formula is C15H18N2. The molecule has 0 aliphatic heterocycles. The van der Waals surface area contributed by atoms with Crippen LogP contribution in [0.2, 0.25) is 0 Å². The molecule has 88 valence electrons. The minimum Gasteiger partial charge on any atom is -0.282 e. The van der Waals surface area contributed by atoms with Crippen molar-refractivity contribution >= 4 is 0 Å². The monoisotopic (exact) mass is 226 g/mol. The van der Waals surface area contributed by atoms with Crippen LogP contribution in [-0.4, -0.2) is 10.2 Å². The van der Waals surface area contributed by atoms with Crippen molar-refractivity contribution in [2.75, 3.05) is 0 Å². The number of fused-ring (bicyclic) bond motifs is 1. The first kappa shape index (κ1) is 10.6. The zero-order chi connectivity index (χ0) is 11.5. The van der Waals surface area contributed by atoms with Crippen molar-refractivity contribution < 1.29 is 0 Å². The smallest absolute Gasteiger partial charge is 0.0955 e. The summed E-state index contributed by atoms with van der Waals surface area (Å²) in [5.74, 6) is 0. The maximum absolute atomic E-state index is 4.53. The number of hydrogen-bond donors (Lipinski definition) is 1. The highest BCUT2D eigenvalue weighted by atomic mass is 15.1. The summed E-state index contributed by atoms with van der Waals surface area (Å²) in [6.45, 7) is 0. The molecule has 1 aromatic heterocycles. The van der Waals surface area contributed by atoms with E-state index in [2.05, 4.69) is 40.5 Å². The first-order chi connectivity index (χ1) is 8.45. The zero-order valence-corrected chi connectivity index (χ0v) is 10.1. The standard InChI is InChI=1S/C15H18N2/c1-2-7-11-14-13(10-6-1)15(17-16-14)12-8-4-3-5-9-12/h3-5,8-9H,1-2,6-7,10-11H2,(H,16,17). The van der Waals surface area contributed by atoms with Crippen molar-refractivity contribution in [1.82, 2.24) is 10.2 Å². The molecule has 1 N–H and O–H groups in total. The maximum atomic E-state index is 4.53. The van der Waals surface area contributed by atoms with E-state index in [0.717, 1.165) is 6.42 Å². The predicted molar refractivity (Wildman–Crippen MR) is 69.9 cm³/mol. The van der Waals surface area contributed by atoms with E-state index in [9.17, 15) is 0 Å². The highest BCUT2D eigenvalue weighted by Gasteiger charge is 2.15. The molecule has 0 spiro atoms. The van der Waals surface area contributed by atoms with Crippen LogP contribution in [0.15, 0.2) is 30.3 Å². The van der Waals surface area contributed by atoms with Crippen molar-refractivity contribution in [3.63, 3.8) is 0 Å². The third-order valence-electron chi connectivity index (χ3n) is 3.60. The average Bonchev–Trinajstić information content (AvgIpc) is 2.72. The molecule has 2 aromatic rings. The van der Waals surface area contributed by atoms with Gasteiger partial charge in [0.1, 0.15) is 0 Å². The van der Waals surface area contributed by atoms with Crippen LogP contribution < -0.4 is 0 Å². The molecule has 17 heavy (non-hydrogen) atoms. The molecule has 0 saturated heterocycles. The normalized spacial score (nSPS) is 16.0. The second-order valence-electron chi connectivity index (χ2n) is 4.81. The van der Waals surface area contributed by atoms with Gasteiger partial charge in [-0.2, -0.15) is 5.10 Å². The lowest BCUT2D eigenvalue weighted by atomic mass is 9.95. The minimum atomic E-state index is 1.16. The Labute approximate surface area is 102 Å². The van der Waals surface area contributed by atoms with Crippen LogP contribution in [0.4, 0.5) is 0 Å². The molecule has 0 bridgehead atoms. The van der Waals surface area contributed by atoms with Gasteiger partial charge in [0.2, 0.25) is 0 Å². The number of aromatic amines is 1. The fourth-order valence-electron chi connectivity index (χ4n) is 2.67. The number of aromatic nitrogens is 2. The van der Waals surface area contributed by atoms with Gasteiger partial charge >= 0.3 is 0 Å². The molecule has 2 nitrogen and oxygen atoms in total. The van der Waals surface area contributed by atoms with Crippen molar-refractivity contribution in [2.45, 2.75) is 38.5 Å². The second kappa shape index (κ2) is 4.74. The van der Waals surface area contributed by atoms with Gasteiger partial charge in [0.25, 0.3) is 0 Å². The molecule has 3 rings (SSSR count). The van der Waals surface area contributed by atoms with Crippen LogP contribution in [0.5, 0.6) is 0 Å². The maximum Gasteiger partial charge on any atom is 0.0955 e. The highest BCUT2D eigenvalue weighted by molar-refractivity contribution is 5.63. The summed E-state index contributed by atoms with van der Waals surface area (Å²) in [4.78, 5) is 0. The summed E-state index contributed by atoms with van der Waals surface area (Å²) in [7, 11) is 0. The van der Waals surface area contributed by atoms with Crippen molar-refractivity contribution in [3.05, 3.63) is 41.6 Å². The SMILES string of the molecule is c1ccc(-c2n[nH]c3c2CCCCCC3)cc1. The molecular weight excluding hydrogens is 208 g/mol. The third kappa shape index (κ3) is 2.12. The molecule has 0 atom stereocenters. The van der Waals surface area contributed by atoms with Gasteiger partial charge in [-0.15, -0.1) is 0 Å². The Morgan fingerprint density at radius 2 is 1.65 bits per heavy atom. The molecule has 2 heteroatoms. The number of aryl methyl sites for hydroxylation is 1. The third-order valence-corrected chi connectivity index (χ3v) is 3.60. The van der Waals surface area contributed by atoms with Gasteiger partial charge in [-0.25, -0.2) is 0 Å². The van der Waals surface area contributed by atoms with Crippen molar-refractivity contribution in [1.29, 1.82) is 0 Å². The van der Waals surface area contributed by atoms with Gasteiger partial charge in [0.05, 0.1) is 5.69 Å². The topological polar surface area (TPSA) is 28.7 Å². The summed E-state index contributed by atoms with van der Waals surface area (Å²) in [5.41, 5.74) is 5.23. The molecule has 0 fully saturated rings. The lowest BCUT2D eigenvalue weighted by Crippen LogP contribution is -1.98.